The minimum absolute atomic E-state index is 0.0649. The summed E-state index contributed by atoms with van der Waals surface area (Å²) in [5.74, 6) is 0.220. The van der Waals surface area contributed by atoms with Gasteiger partial charge in [-0.2, -0.15) is 0 Å². The van der Waals surface area contributed by atoms with Gasteiger partial charge in [-0.3, -0.25) is 9.59 Å². The van der Waals surface area contributed by atoms with Gasteiger partial charge < -0.3 is 14.4 Å². The number of rotatable bonds is 7. The van der Waals surface area contributed by atoms with E-state index in [1.165, 1.54) is 18.9 Å². The maximum atomic E-state index is 13.0. The third kappa shape index (κ3) is 4.95. The molecule has 0 aromatic heterocycles. The van der Waals surface area contributed by atoms with E-state index in [0.717, 1.165) is 0 Å². The number of hydrogen-bond acceptors (Lipinski definition) is 6. The zero-order chi connectivity index (χ0) is 21.0. The monoisotopic (exact) mass is 417 g/mol. The van der Waals surface area contributed by atoms with Crippen molar-refractivity contribution in [3.8, 4) is 11.5 Å². The van der Waals surface area contributed by atoms with E-state index in [4.69, 9.17) is 9.47 Å². The molecule has 1 amide bonds. The molecule has 2 aromatic rings. The number of anilines is 1. The van der Waals surface area contributed by atoms with Crippen LogP contribution in [-0.4, -0.2) is 51.4 Å². The van der Waals surface area contributed by atoms with E-state index in [1.54, 1.807) is 42.5 Å². The molecule has 1 aliphatic rings. The lowest BCUT2D eigenvalue weighted by molar-refractivity contribution is -0.121. The lowest BCUT2D eigenvalue weighted by Gasteiger charge is -2.28. The van der Waals surface area contributed by atoms with Crippen molar-refractivity contribution in [3.05, 3.63) is 54.1 Å². The Morgan fingerprint density at radius 3 is 2.41 bits per heavy atom. The molecule has 1 atom stereocenters. The molecule has 1 heterocycles. The molecule has 1 saturated heterocycles. The van der Waals surface area contributed by atoms with Gasteiger partial charge in [0.15, 0.2) is 33.7 Å². The van der Waals surface area contributed by atoms with Crippen LogP contribution in [0.4, 0.5) is 5.69 Å². The molecule has 1 fully saturated rings. The van der Waals surface area contributed by atoms with Gasteiger partial charge in [0.1, 0.15) is 0 Å². The first kappa shape index (κ1) is 20.9. The quantitative estimate of drug-likeness (QED) is 0.643. The Balaban J connectivity index is 1.80. The molecule has 0 aliphatic carbocycles. The molecule has 0 bridgehead atoms. The highest BCUT2D eigenvalue weighted by molar-refractivity contribution is 7.91. The van der Waals surface area contributed by atoms with Crippen molar-refractivity contribution >= 4 is 27.2 Å². The van der Waals surface area contributed by atoms with E-state index in [-0.39, 0.29) is 29.8 Å². The van der Waals surface area contributed by atoms with Crippen molar-refractivity contribution in [1.82, 2.24) is 0 Å². The van der Waals surface area contributed by atoms with Gasteiger partial charge in [-0.05, 0) is 43.7 Å². The smallest absolute Gasteiger partial charge is 0.265 e. The summed E-state index contributed by atoms with van der Waals surface area (Å²) >= 11 is 0. The summed E-state index contributed by atoms with van der Waals surface area (Å²) in [5.41, 5.74) is 1.10. The number of ketones is 1. The van der Waals surface area contributed by atoms with Gasteiger partial charge in [-0.25, -0.2) is 8.42 Å². The van der Waals surface area contributed by atoms with Crippen LogP contribution >= 0.6 is 0 Å². The van der Waals surface area contributed by atoms with Crippen molar-refractivity contribution in [3.63, 3.8) is 0 Å². The summed E-state index contributed by atoms with van der Waals surface area (Å²) < 4.78 is 34.8. The minimum Gasteiger partial charge on any atom is -0.493 e. The number of nitrogens with zero attached hydrogens (tertiary/aromatic N) is 1. The van der Waals surface area contributed by atoms with Crippen LogP contribution in [0.1, 0.15) is 23.7 Å². The normalized spacial score (nSPS) is 17.5. The van der Waals surface area contributed by atoms with Crippen LogP contribution in [0.15, 0.2) is 48.5 Å². The molecule has 0 saturated carbocycles. The number of Topliss-reactive ketones (excluding diaryl/α,β-unsaturated/α-hetero) is 1. The highest BCUT2D eigenvalue weighted by Crippen LogP contribution is 2.29. The second-order valence-corrected chi connectivity index (χ2v) is 9.10. The first-order chi connectivity index (χ1) is 13.8. The summed E-state index contributed by atoms with van der Waals surface area (Å²) in [5, 5.41) is 0. The van der Waals surface area contributed by atoms with Gasteiger partial charge in [0.05, 0.1) is 24.7 Å². The predicted octanol–water partition coefficient (Wildman–Crippen LogP) is 2.50. The van der Waals surface area contributed by atoms with Crippen LogP contribution in [-0.2, 0) is 14.6 Å². The second kappa shape index (κ2) is 8.65. The van der Waals surface area contributed by atoms with E-state index in [9.17, 15) is 18.0 Å². The molecule has 0 N–H and O–H groups in total. The van der Waals surface area contributed by atoms with Crippen molar-refractivity contribution in [1.29, 1.82) is 0 Å². The van der Waals surface area contributed by atoms with Crippen LogP contribution in [0.5, 0.6) is 11.5 Å². The number of para-hydroxylation sites is 1. The Labute approximate surface area is 170 Å². The minimum atomic E-state index is -3.16. The zero-order valence-corrected chi connectivity index (χ0v) is 17.1. The topological polar surface area (TPSA) is 90.0 Å². The Hall–Kier alpha value is -2.87. The van der Waals surface area contributed by atoms with Crippen LogP contribution in [0.25, 0.3) is 0 Å². The summed E-state index contributed by atoms with van der Waals surface area (Å²) in [6.07, 6.45) is 0.388. The number of carbonyl (C=O) groups excluding carboxylic acids is 2. The van der Waals surface area contributed by atoms with Crippen molar-refractivity contribution in [2.75, 3.05) is 30.1 Å². The Bertz CT molecular complexity index is 1000. The lowest BCUT2D eigenvalue weighted by Crippen LogP contribution is -2.43. The fourth-order valence-corrected chi connectivity index (χ4v) is 5.04. The summed E-state index contributed by atoms with van der Waals surface area (Å²) in [6.45, 7) is 1.16. The summed E-state index contributed by atoms with van der Waals surface area (Å²) in [7, 11) is -1.71. The number of methoxy groups -OCH3 is 1. The number of hydrogen-bond donors (Lipinski definition) is 0. The number of amides is 1. The van der Waals surface area contributed by atoms with Gasteiger partial charge in [0.2, 0.25) is 0 Å². The Morgan fingerprint density at radius 1 is 1.10 bits per heavy atom. The largest absolute Gasteiger partial charge is 0.493 e. The Morgan fingerprint density at radius 2 is 1.83 bits per heavy atom. The maximum Gasteiger partial charge on any atom is 0.265 e. The SMILES string of the molecule is COc1cc(C(C)=O)ccc1OCC(=O)N(c1ccccc1)[C@H]1CCS(=O)(=O)C1. The standard InChI is InChI=1S/C21H23NO6S/c1-15(23)16-8-9-19(20(12-16)27-2)28-13-21(24)22(17-6-4-3-5-7-17)18-10-11-29(25,26)14-18/h3-9,12,18H,10-11,13-14H2,1-2H3/t18-/m0/s1. The van der Waals surface area contributed by atoms with Gasteiger partial charge in [-0.15, -0.1) is 0 Å². The predicted molar refractivity (Wildman–Crippen MR) is 109 cm³/mol. The van der Waals surface area contributed by atoms with Crippen molar-refractivity contribution < 1.29 is 27.5 Å². The highest BCUT2D eigenvalue weighted by Gasteiger charge is 2.35. The average molecular weight is 417 g/mol. The fourth-order valence-electron chi connectivity index (χ4n) is 3.34. The van der Waals surface area contributed by atoms with Crippen LogP contribution in [0.3, 0.4) is 0 Å². The average Bonchev–Trinajstić information content (AvgIpc) is 3.06. The molecule has 2 aromatic carbocycles. The molecule has 0 unspecified atom stereocenters. The molecule has 29 heavy (non-hydrogen) atoms. The van der Waals surface area contributed by atoms with E-state index < -0.39 is 15.9 Å². The highest BCUT2D eigenvalue weighted by atomic mass is 32.2. The van der Waals surface area contributed by atoms with E-state index >= 15 is 0 Å². The second-order valence-electron chi connectivity index (χ2n) is 6.87. The van der Waals surface area contributed by atoms with Crippen LogP contribution in [0, 0.1) is 0 Å². The van der Waals surface area contributed by atoms with Gasteiger partial charge in [0, 0.05) is 11.3 Å². The molecule has 7 nitrogen and oxygen atoms in total. The lowest BCUT2D eigenvalue weighted by atomic mass is 10.1. The molecule has 8 heteroatoms. The van der Waals surface area contributed by atoms with Gasteiger partial charge in [0.25, 0.3) is 5.91 Å². The summed E-state index contributed by atoms with van der Waals surface area (Å²) in [4.78, 5) is 26.0. The van der Waals surface area contributed by atoms with E-state index in [1.807, 2.05) is 6.07 Å². The number of benzene rings is 2. The first-order valence-corrected chi connectivity index (χ1v) is 11.0. The molecule has 0 radical (unpaired) electrons. The summed E-state index contributed by atoms with van der Waals surface area (Å²) in [6, 6.07) is 13.3. The molecule has 154 valence electrons. The zero-order valence-electron chi connectivity index (χ0n) is 16.3. The first-order valence-electron chi connectivity index (χ1n) is 9.20. The fraction of sp³-hybridized carbons (Fsp3) is 0.333. The van der Waals surface area contributed by atoms with E-state index in [0.29, 0.717) is 29.2 Å². The van der Waals surface area contributed by atoms with Gasteiger partial charge in [-0.1, -0.05) is 18.2 Å². The molecule has 3 rings (SSSR count). The van der Waals surface area contributed by atoms with Crippen molar-refractivity contribution in [2.24, 2.45) is 0 Å². The molecule has 1 aliphatic heterocycles. The third-order valence-corrected chi connectivity index (χ3v) is 6.55. The Kier molecular flexibility index (Phi) is 6.22. The maximum absolute atomic E-state index is 13.0. The van der Waals surface area contributed by atoms with Crippen LogP contribution in [0.2, 0.25) is 0 Å². The number of carbonyl (C=O) groups is 2. The van der Waals surface area contributed by atoms with Crippen molar-refractivity contribution in [2.45, 2.75) is 19.4 Å². The molecule has 0 spiro atoms. The molecular formula is C21H23NO6S. The van der Waals surface area contributed by atoms with E-state index in [2.05, 4.69) is 0 Å². The number of sulfone groups is 1. The molecular weight excluding hydrogens is 394 g/mol. The third-order valence-electron chi connectivity index (χ3n) is 4.80. The number of ether oxygens (including phenoxy) is 2. The van der Waals surface area contributed by atoms with Crippen LogP contribution < -0.4 is 14.4 Å². The van der Waals surface area contributed by atoms with Gasteiger partial charge >= 0.3 is 0 Å².